The molecule has 2 aromatic carbocycles. The third kappa shape index (κ3) is 4.59. The van der Waals surface area contributed by atoms with Crippen molar-refractivity contribution in [1.82, 2.24) is 5.32 Å². The third-order valence-electron chi connectivity index (χ3n) is 4.98. The van der Waals surface area contributed by atoms with Crippen LogP contribution in [0.5, 0.6) is 23.0 Å². The van der Waals surface area contributed by atoms with Crippen LogP contribution in [0, 0.1) is 0 Å². The number of nitrogens with zero attached hydrogens (tertiary/aromatic N) is 1. The van der Waals surface area contributed by atoms with Crippen LogP contribution >= 0.6 is 0 Å². The average molecular weight is 414 g/mol. The lowest BCUT2D eigenvalue weighted by Crippen LogP contribution is -2.38. The van der Waals surface area contributed by atoms with E-state index in [1.807, 2.05) is 6.07 Å². The van der Waals surface area contributed by atoms with E-state index in [2.05, 4.69) is 5.32 Å². The van der Waals surface area contributed by atoms with Crippen molar-refractivity contribution >= 4 is 17.5 Å². The zero-order valence-corrected chi connectivity index (χ0v) is 17.6. The van der Waals surface area contributed by atoms with Gasteiger partial charge in [0.05, 0.1) is 40.9 Å². The van der Waals surface area contributed by atoms with Crippen molar-refractivity contribution in [2.75, 3.05) is 39.9 Å². The standard InChI is InChI=1S/C22H26N2O6/c1-27-17-7-5-14(9-19(17)29-3)10-21(25)23-15-11-22(26)24(13-15)16-6-8-18(28-2)20(12-16)30-4/h5-9,12,15H,10-11,13H2,1-4H3,(H,23,25)/t15-/m0/s1. The zero-order chi connectivity index (χ0) is 21.7. The first-order valence-electron chi connectivity index (χ1n) is 9.51. The van der Waals surface area contributed by atoms with Crippen molar-refractivity contribution < 1.29 is 28.5 Å². The molecule has 8 nitrogen and oxygen atoms in total. The molecule has 1 fully saturated rings. The van der Waals surface area contributed by atoms with Crippen LogP contribution in [-0.2, 0) is 16.0 Å². The number of hydrogen-bond donors (Lipinski definition) is 1. The summed E-state index contributed by atoms with van der Waals surface area (Å²) >= 11 is 0. The Kier molecular flexibility index (Phi) is 6.66. The number of rotatable bonds is 8. The van der Waals surface area contributed by atoms with Crippen LogP contribution in [0.15, 0.2) is 36.4 Å². The molecule has 30 heavy (non-hydrogen) atoms. The van der Waals surface area contributed by atoms with Gasteiger partial charge in [0, 0.05) is 24.7 Å². The van der Waals surface area contributed by atoms with Gasteiger partial charge in [-0.15, -0.1) is 0 Å². The SMILES string of the molecule is COc1ccc(CC(=O)N[C@H]2CC(=O)N(c3ccc(OC)c(OC)c3)C2)cc1OC. The van der Waals surface area contributed by atoms with Gasteiger partial charge in [0.1, 0.15) is 0 Å². The largest absolute Gasteiger partial charge is 0.493 e. The molecular formula is C22H26N2O6. The number of ether oxygens (including phenoxy) is 4. The first-order chi connectivity index (χ1) is 14.5. The minimum absolute atomic E-state index is 0.0568. The van der Waals surface area contributed by atoms with Crippen LogP contribution in [0.4, 0.5) is 5.69 Å². The molecule has 8 heteroatoms. The van der Waals surface area contributed by atoms with E-state index >= 15 is 0 Å². The van der Waals surface area contributed by atoms with Crippen molar-refractivity contribution in [3.8, 4) is 23.0 Å². The summed E-state index contributed by atoms with van der Waals surface area (Å²) in [5, 5.41) is 2.95. The molecule has 2 amide bonds. The van der Waals surface area contributed by atoms with E-state index in [0.717, 1.165) is 5.56 Å². The molecule has 2 aromatic rings. The molecule has 160 valence electrons. The van der Waals surface area contributed by atoms with Gasteiger partial charge in [0.15, 0.2) is 23.0 Å². The Morgan fingerprint density at radius 3 is 2.17 bits per heavy atom. The number of benzene rings is 2. The topological polar surface area (TPSA) is 86.3 Å². The fourth-order valence-electron chi connectivity index (χ4n) is 3.50. The van der Waals surface area contributed by atoms with Gasteiger partial charge in [-0.1, -0.05) is 6.07 Å². The molecule has 1 saturated heterocycles. The number of anilines is 1. The summed E-state index contributed by atoms with van der Waals surface area (Å²) in [5.41, 5.74) is 1.50. The highest BCUT2D eigenvalue weighted by Crippen LogP contribution is 2.33. The van der Waals surface area contributed by atoms with Crippen molar-refractivity contribution in [2.45, 2.75) is 18.9 Å². The fourth-order valence-corrected chi connectivity index (χ4v) is 3.50. The normalized spacial score (nSPS) is 15.7. The summed E-state index contributed by atoms with van der Waals surface area (Å²) in [6.45, 7) is 0.395. The van der Waals surface area contributed by atoms with Gasteiger partial charge in [-0.05, 0) is 29.8 Å². The second-order valence-corrected chi connectivity index (χ2v) is 6.88. The summed E-state index contributed by atoms with van der Waals surface area (Å²) in [7, 11) is 6.22. The maximum absolute atomic E-state index is 12.5. The maximum atomic E-state index is 12.5. The quantitative estimate of drug-likeness (QED) is 0.713. The third-order valence-corrected chi connectivity index (χ3v) is 4.98. The lowest BCUT2D eigenvalue weighted by Gasteiger charge is -2.19. The van der Waals surface area contributed by atoms with Crippen molar-refractivity contribution in [3.05, 3.63) is 42.0 Å². The number of carbonyl (C=O) groups is 2. The second-order valence-electron chi connectivity index (χ2n) is 6.88. The Morgan fingerprint density at radius 1 is 0.933 bits per heavy atom. The molecule has 0 spiro atoms. The van der Waals surface area contributed by atoms with Crippen molar-refractivity contribution in [3.63, 3.8) is 0 Å². The van der Waals surface area contributed by atoms with Crippen LogP contribution in [0.2, 0.25) is 0 Å². The molecule has 0 unspecified atom stereocenters. The summed E-state index contributed by atoms with van der Waals surface area (Å²) in [4.78, 5) is 26.7. The van der Waals surface area contributed by atoms with Gasteiger partial charge in [-0.3, -0.25) is 9.59 Å². The molecule has 1 heterocycles. The molecule has 0 radical (unpaired) electrons. The summed E-state index contributed by atoms with van der Waals surface area (Å²) < 4.78 is 21.0. The molecule has 0 aliphatic carbocycles. The number of nitrogens with one attached hydrogen (secondary N) is 1. The Labute approximate surface area is 175 Å². The summed E-state index contributed by atoms with van der Waals surface area (Å²) in [6, 6.07) is 10.4. The number of methoxy groups -OCH3 is 4. The molecule has 1 aliphatic heterocycles. The lowest BCUT2D eigenvalue weighted by atomic mass is 10.1. The number of amides is 2. The molecule has 1 atom stereocenters. The van der Waals surface area contributed by atoms with Crippen LogP contribution < -0.4 is 29.2 Å². The smallest absolute Gasteiger partial charge is 0.229 e. The van der Waals surface area contributed by atoms with Gasteiger partial charge < -0.3 is 29.2 Å². The molecule has 0 aromatic heterocycles. The maximum Gasteiger partial charge on any atom is 0.229 e. The van der Waals surface area contributed by atoms with Crippen molar-refractivity contribution in [2.24, 2.45) is 0 Å². The van der Waals surface area contributed by atoms with Crippen LogP contribution in [0.25, 0.3) is 0 Å². The zero-order valence-electron chi connectivity index (χ0n) is 17.6. The molecule has 1 N–H and O–H groups in total. The lowest BCUT2D eigenvalue weighted by molar-refractivity contribution is -0.121. The summed E-state index contributed by atoms with van der Waals surface area (Å²) in [6.07, 6.45) is 0.424. The Hall–Kier alpha value is -3.42. The van der Waals surface area contributed by atoms with E-state index in [9.17, 15) is 9.59 Å². The number of carbonyl (C=O) groups excluding carboxylic acids is 2. The van der Waals surface area contributed by atoms with Gasteiger partial charge in [0.25, 0.3) is 0 Å². The van der Waals surface area contributed by atoms with E-state index < -0.39 is 0 Å². The Balaban J connectivity index is 1.63. The van der Waals surface area contributed by atoms with Crippen LogP contribution in [-0.4, -0.2) is 52.8 Å². The van der Waals surface area contributed by atoms with E-state index in [4.69, 9.17) is 18.9 Å². The second kappa shape index (κ2) is 9.39. The van der Waals surface area contributed by atoms with Gasteiger partial charge >= 0.3 is 0 Å². The number of hydrogen-bond acceptors (Lipinski definition) is 6. The molecular weight excluding hydrogens is 388 g/mol. The Bertz CT molecular complexity index is 930. The first-order valence-corrected chi connectivity index (χ1v) is 9.51. The van der Waals surface area contributed by atoms with Crippen LogP contribution in [0.3, 0.4) is 0 Å². The highest BCUT2D eigenvalue weighted by molar-refractivity contribution is 5.97. The van der Waals surface area contributed by atoms with Gasteiger partial charge in [-0.25, -0.2) is 0 Å². The summed E-state index contributed by atoms with van der Waals surface area (Å²) in [5.74, 6) is 2.09. The van der Waals surface area contributed by atoms with Crippen LogP contribution in [0.1, 0.15) is 12.0 Å². The van der Waals surface area contributed by atoms with E-state index in [1.165, 1.54) is 0 Å². The molecule has 3 rings (SSSR count). The highest BCUT2D eigenvalue weighted by atomic mass is 16.5. The minimum atomic E-state index is -0.266. The first kappa shape index (κ1) is 21.3. The molecule has 1 aliphatic rings. The van der Waals surface area contributed by atoms with E-state index in [0.29, 0.717) is 35.2 Å². The van der Waals surface area contributed by atoms with Gasteiger partial charge in [0.2, 0.25) is 11.8 Å². The van der Waals surface area contributed by atoms with Crippen molar-refractivity contribution in [1.29, 1.82) is 0 Å². The Morgan fingerprint density at radius 2 is 1.53 bits per heavy atom. The average Bonchev–Trinajstić information content (AvgIpc) is 3.12. The monoisotopic (exact) mass is 414 g/mol. The van der Waals surface area contributed by atoms with E-state index in [1.54, 1.807) is 63.7 Å². The van der Waals surface area contributed by atoms with Gasteiger partial charge in [-0.2, -0.15) is 0 Å². The van der Waals surface area contributed by atoms with E-state index in [-0.39, 0.29) is 30.7 Å². The predicted molar refractivity (Wildman–Crippen MR) is 112 cm³/mol. The minimum Gasteiger partial charge on any atom is -0.493 e. The molecule has 0 saturated carbocycles. The highest BCUT2D eigenvalue weighted by Gasteiger charge is 2.32. The molecule has 0 bridgehead atoms. The fraction of sp³-hybridized carbons (Fsp3) is 0.364. The predicted octanol–water partition coefficient (Wildman–Crippen LogP) is 2.19.